The van der Waals surface area contributed by atoms with Crippen molar-refractivity contribution in [2.45, 2.75) is 45.1 Å². The van der Waals surface area contributed by atoms with E-state index in [2.05, 4.69) is 17.7 Å². The predicted molar refractivity (Wildman–Crippen MR) is 75.3 cm³/mol. The fourth-order valence-electron chi connectivity index (χ4n) is 2.76. The molecule has 1 saturated carbocycles. The van der Waals surface area contributed by atoms with E-state index < -0.39 is 0 Å². The van der Waals surface area contributed by atoms with Crippen molar-refractivity contribution in [3.63, 3.8) is 0 Å². The van der Waals surface area contributed by atoms with E-state index in [1.165, 1.54) is 42.5 Å². The van der Waals surface area contributed by atoms with Crippen LogP contribution in [0.25, 0.3) is 0 Å². The summed E-state index contributed by atoms with van der Waals surface area (Å²) in [5.41, 5.74) is -0.314. The van der Waals surface area contributed by atoms with Crippen LogP contribution in [0.4, 0.5) is 0 Å². The molecule has 100 valence electrons. The van der Waals surface area contributed by atoms with Crippen molar-refractivity contribution < 1.29 is 0 Å². The van der Waals surface area contributed by atoms with Gasteiger partial charge in [-0.3, -0.25) is 14.7 Å². The maximum Gasteiger partial charge on any atom is 0.265 e. The molecule has 0 aromatic carbocycles. The SMILES string of the molecule is O=c1ccc(=O)n(CC2(CS)CCCCCC2)[nH]1. The van der Waals surface area contributed by atoms with Crippen LogP contribution in [0.1, 0.15) is 38.5 Å². The van der Waals surface area contributed by atoms with E-state index in [4.69, 9.17) is 0 Å². The Hall–Kier alpha value is -0.970. The highest BCUT2D eigenvalue weighted by Gasteiger charge is 2.30. The third-order valence-corrected chi connectivity index (χ3v) is 4.55. The van der Waals surface area contributed by atoms with Gasteiger partial charge in [-0.15, -0.1) is 0 Å². The topological polar surface area (TPSA) is 54.9 Å². The molecule has 0 saturated heterocycles. The highest BCUT2D eigenvalue weighted by molar-refractivity contribution is 7.80. The van der Waals surface area contributed by atoms with Gasteiger partial charge in [0.1, 0.15) is 0 Å². The molecule has 4 nitrogen and oxygen atoms in total. The number of aromatic nitrogens is 2. The normalized spacial score (nSPS) is 19.4. The molecule has 0 radical (unpaired) electrons. The third kappa shape index (κ3) is 3.07. The van der Waals surface area contributed by atoms with Gasteiger partial charge in [0.15, 0.2) is 0 Å². The number of hydrogen-bond donors (Lipinski definition) is 2. The molecule has 1 aromatic rings. The van der Waals surface area contributed by atoms with E-state index in [0.717, 1.165) is 18.6 Å². The molecule has 1 aliphatic rings. The zero-order valence-electron chi connectivity index (χ0n) is 10.5. The second kappa shape index (κ2) is 5.78. The van der Waals surface area contributed by atoms with E-state index >= 15 is 0 Å². The number of rotatable bonds is 3. The first-order chi connectivity index (χ1) is 8.65. The quantitative estimate of drug-likeness (QED) is 0.649. The average molecular weight is 268 g/mol. The first kappa shape index (κ1) is 13.5. The average Bonchev–Trinajstić information content (AvgIpc) is 2.60. The minimum atomic E-state index is -0.225. The number of aromatic amines is 1. The Balaban J connectivity index is 2.26. The number of hydrogen-bond acceptors (Lipinski definition) is 3. The predicted octanol–water partition coefficient (Wildman–Crippen LogP) is 1.81. The summed E-state index contributed by atoms with van der Waals surface area (Å²) in [6, 6.07) is 2.61. The summed E-state index contributed by atoms with van der Waals surface area (Å²) < 4.78 is 1.45. The fraction of sp³-hybridized carbons (Fsp3) is 0.692. The van der Waals surface area contributed by atoms with Gasteiger partial charge < -0.3 is 0 Å². The molecule has 1 aliphatic carbocycles. The van der Waals surface area contributed by atoms with Crippen LogP contribution in [0.2, 0.25) is 0 Å². The van der Waals surface area contributed by atoms with Crippen LogP contribution in [-0.4, -0.2) is 15.5 Å². The molecule has 18 heavy (non-hydrogen) atoms. The fourth-order valence-corrected chi connectivity index (χ4v) is 3.18. The van der Waals surface area contributed by atoms with Crippen molar-refractivity contribution in [1.29, 1.82) is 0 Å². The van der Waals surface area contributed by atoms with Crippen LogP contribution in [0.5, 0.6) is 0 Å². The van der Waals surface area contributed by atoms with Gasteiger partial charge in [0.25, 0.3) is 11.1 Å². The molecule has 0 aliphatic heterocycles. The molecule has 1 N–H and O–H groups in total. The van der Waals surface area contributed by atoms with Gasteiger partial charge in [-0.25, -0.2) is 4.68 Å². The summed E-state index contributed by atoms with van der Waals surface area (Å²) in [6.07, 6.45) is 7.06. The smallest absolute Gasteiger partial charge is 0.265 e. The van der Waals surface area contributed by atoms with Crippen molar-refractivity contribution in [3.8, 4) is 0 Å². The largest absolute Gasteiger partial charge is 0.268 e. The summed E-state index contributed by atoms with van der Waals surface area (Å²) >= 11 is 4.48. The molecule has 0 amide bonds. The molecule has 0 bridgehead atoms. The molecule has 1 fully saturated rings. The second-order valence-corrected chi connectivity index (χ2v) is 5.62. The Labute approximate surface area is 112 Å². The Morgan fingerprint density at radius 2 is 1.83 bits per heavy atom. The lowest BCUT2D eigenvalue weighted by atomic mass is 9.82. The van der Waals surface area contributed by atoms with E-state index in [1.807, 2.05) is 0 Å². The molecule has 0 atom stereocenters. The Morgan fingerprint density at radius 1 is 1.17 bits per heavy atom. The monoisotopic (exact) mass is 268 g/mol. The van der Waals surface area contributed by atoms with Gasteiger partial charge in [-0.05, 0) is 24.0 Å². The van der Waals surface area contributed by atoms with Crippen molar-refractivity contribution >= 4 is 12.6 Å². The van der Waals surface area contributed by atoms with E-state index in [-0.39, 0.29) is 16.5 Å². The first-order valence-electron chi connectivity index (χ1n) is 6.56. The highest BCUT2D eigenvalue weighted by atomic mass is 32.1. The van der Waals surface area contributed by atoms with Crippen LogP contribution >= 0.6 is 12.6 Å². The van der Waals surface area contributed by atoms with Crippen LogP contribution in [0, 0.1) is 5.41 Å². The maximum absolute atomic E-state index is 11.8. The maximum atomic E-state index is 11.8. The van der Waals surface area contributed by atoms with Crippen LogP contribution in [0.15, 0.2) is 21.7 Å². The van der Waals surface area contributed by atoms with Gasteiger partial charge in [-0.1, -0.05) is 25.7 Å². The number of H-pyrrole nitrogens is 1. The minimum absolute atomic E-state index is 0.0493. The van der Waals surface area contributed by atoms with Crippen molar-refractivity contribution in [1.82, 2.24) is 9.78 Å². The molecule has 1 heterocycles. The van der Waals surface area contributed by atoms with E-state index in [0.29, 0.717) is 6.54 Å². The molecule has 0 spiro atoms. The molecular weight excluding hydrogens is 248 g/mol. The molecule has 1 aromatic heterocycles. The van der Waals surface area contributed by atoms with Gasteiger partial charge in [-0.2, -0.15) is 12.6 Å². The van der Waals surface area contributed by atoms with Gasteiger partial charge in [0, 0.05) is 18.7 Å². The first-order valence-corrected chi connectivity index (χ1v) is 7.20. The summed E-state index contributed by atoms with van der Waals surface area (Å²) in [6.45, 7) is 0.575. The number of nitrogens with one attached hydrogen (secondary N) is 1. The van der Waals surface area contributed by atoms with E-state index in [1.54, 1.807) is 0 Å². The third-order valence-electron chi connectivity index (χ3n) is 3.88. The second-order valence-electron chi connectivity index (χ2n) is 5.31. The van der Waals surface area contributed by atoms with Crippen molar-refractivity contribution in [2.75, 3.05) is 5.75 Å². The number of nitrogens with zero attached hydrogens (tertiary/aromatic N) is 1. The van der Waals surface area contributed by atoms with E-state index in [9.17, 15) is 9.59 Å². The summed E-state index contributed by atoms with van der Waals surface area (Å²) in [5.74, 6) is 0.760. The molecular formula is C13H20N2O2S. The zero-order valence-corrected chi connectivity index (χ0v) is 11.4. The van der Waals surface area contributed by atoms with Crippen molar-refractivity contribution in [2.24, 2.45) is 5.41 Å². The van der Waals surface area contributed by atoms with Gasteiger partial charge in [0.05, 0.1) is 0 Å². The molecule has 2 rings (SSSR count). The standard InChI is InChI=1S/C13H20N2O2S/c16-11-5-6-12(17)15(14-11)9-13(10-18)7-3-1-2-4-8-13/h5-6,18H,1-4,7-10H2,(H,14,16). The Bertz CT molecular complexity index is 498. The molecule has 5 heteroatoms. The van der Waals surface area contributed by atoms with Crippen LogP contribution in [-0.2, 0) is 6.54 Å². The lowest BCUT2D eigenvalue weighted by molar-refractivity contribution is 0.225. The lowest BCUT2D eigenvalue weighted by Crippen LogP contribution is -2.37. The molecule has 0 unspecified atom stereocenters. The lowest BCUT2D eigenvalue weighted by Gasteiger charge is -2.31. The summed E-state index contributed by atoms with van der Waals surface area (Å²) in [4.78, 5) is 23.1. The Morgan fingerprint density at radius 3 is 2.44 bits per heavy atom. The van der Waals surface area contributed by atoms with Crippen LogP contribution < -0.4 is 11.1 Å². The van der Waals surface area contributed by atoms with Crippen LogP contribution in [0.3, 0.4) is 0 Å². The summed E-state index contributed by atoms with van der Waals surface area (Å²) in [7, 11) is 0. The van der Waals surface area contributed by atoms with Gasteiger partial charge >= 0.3 is 0 Å². The van der Waals surface area contributed by atoms with Crippen molar-refractivity contribution in [3.05, 3.63) is 32.8 Å². The Kier molecular flexibility index (Phi) is 4.32. The number of thiol groups is 1. The minimum Gasteiger partial charge on any atom is -0.268 e. The zero-order chi connectivity index (χ0) is 13.0. The summed E-state index contributed by atoms with van der Waals surface area (Å²) in [5, 5.41) is 2.62. The highest BCUT2D eigenvalue weighted by Crippen LogP contribution is 2.37. The van der Waals surface area contributed by atoms with Gasteiger partial charge in [0.2, 0.25) is 0 Å².